The highest BCUT2D eigenvalue weighted by atomic mass is 16.5. The van der Waals surface area contributed by atoms with E-state index in [1.807, 2.05) is 0 Å². The van der Waals surface area contributed by atoms with Crippen LogP contribution < -0.4 is 10.1 Å². The zero-order valence-corrected chi connectivity index (χ0v) is 14.8. The van der Waals surface area contributed by atoms with E-state index in [-0.39, 0.29) is 17.5 Å². The van der Waals surface area contributed by atoms with E-state index in [1.54, 1.807) is 0 Å². The topological polar surface area (TPSA) is 122 Å². The quantitative estimate of drug-likeness (QED) is 0.447. The lowest BCUT2D eigenvalue weighted by molar-refractivity contribution is 0.168. The smallest absolute Gasteiger partial charge is 0.200 e. The molecular formula is C20H23NO6. The molecule has 1 saturated heterocycles. The van der Waals surface area contributed by atoms with E-state index < -0.39 is 23.4 Å². The second kappa shape index (κ2) is 6.74. The summed E-state index contributed by atoms with van der Waals surface area (Å²) in [6.07, 6.45) is 3.53. The number of benzene rings is 2. The van der Waals surface area contributed by atoms with Crippen LogP contribution in [0.15, 0.2) is 18.2 Å². The van der Waals surface area contributed by atoms with Crippen molar-refractivity contribution in [2.45, 2.75) is 44.2 Å². The largest absolute Gasteiger partial charge is 0.507 e. The van der Waals surface area contributed by atoms with Crippen LogP contribution in [0.25, 0.3) is 0 Å². The number of piperidine rings is 1. The highest BCUT2D eigenvalue weighted by Crippen LogP contribution is 2.49. The summed E-state index contributed by atoms with van der Waals surface area (Å²) in [5.74, 6) is -0.980. The van der Waals surface area contributed by atoms with E-state index in [0.717, 1.165) is 25.8 Å². The van der Waals surface area contributed by atoms with Crippen LogP contribution in [0.3, 0.4) is 0 Å². The molecule has 2 aromatic carbocycles. The predicted octanol–water partition coefficient (Wildman–Crippen LogP) is 3.10. The zero-order chi connectivity index (χ0) is 19.1. The number of phenolic OH excluding ortho intramolecular Hbond substituents is 5. The van der Waals surface area contributed by atoms with Crippen LogP contribution >= 0.6 is 0 Å². The standard InChI is InChI=1S/C20H23NO6/c22-13-9-14(23)18(12-3-1-2-6-21-12)20-11(13)4-5-17(27-20)10-7-15(24)19(26)16(25)8-10/h7-9,12,17,21-26H,1-6H2. The van der Waals surface area contributed by atoms with E-state index in [2.05, 4.69) is 5.32 Å². The fourth-order valence-corrected chi connectivity index (χ4v) is 4.02. The van der Waals surface area contributed by atoms with E-state index in [1.165, 1.54) is 18.2 Å². The Labute approximate surface area is 156 Å². The first-order valence-electron chi connectivity index (χ1n) is 9.18. The fourth-order valence-electron chi connectivity index (χ4n) is 4.02. The molecule has 4 rings (SSSR count). The van der Waals surface area contributed by atoms with Crippen molar-refractivity contribution in [1.82, 2.24) is 5.32 Å². The SMILES string of the molecule is Oc1cc(C2CCc3c(O)cc(O)c(C4CCCCN4)c3O2)cc(O)c1O. The Morgan fingerprint density at radius 2 is 1.59 bits per heavy atom. The molecule has 7 heteroatoms. The molecule has 0 aliphatic carbocycles. The van der Waals surface area contributed by atoms with E-state index in [9.17, 15) is 25.5 Å². The fraction of sp³-hybridized carbons (Fsp3) is 0.400. The van der Waals surface area contributed by atoms with E-state index in [4.69, 9.17) is 4.74 Å². The highest BCUT2D eigenvalue weighted by molar-refractivity contribution is 5.59. The maximum Gasteiger partial charge on any atom is 0.200 e. The molecular weight excluding hydrogens is 350 g/mol. The highest BCUT2D eigenvalue weighted by Gasteiger charge is 2.32. The zero-order valence-electron chi connectivity index (χ0n) is 14.8. The molecule has 2 aromatic rings. The summed E-state index contributed by atoms with van der Waals surface area (Å²) in [6, 6.07) is 4.01. The van der Waals surface area contributed by atoms with Crippen LogP contribution in [-0.4, -0.2) is 32.1 Å². The molecule has 0 radical (unpaired) electrons. The lowest BCUT2D eigenvalue weighted by Gasteiger charge is -2.33. The molecule has 7 nitrogen and oxygen atoms in total. The molecule has 0 spiro atoms. The van der Waals surface area contributed by atoms with E-state index >= 15 is 0 Å². The number of nitrogens with one attached hydrogen (secondary N) is 1. The summed E-state index contributed by atoms with van der Waals surface area (Å²) in [4.78, 5) is 0. The van der Waals surface area contributed by atoms with Crippen LogP contribution in [0.1, 0.15) is 54.5 Å². The summed E-state index contributed by atoms with van der Waals surface area (Å²) in [7, 11) is 0. The first-order chi connectivity index (χ1) is 13.0. The average molecular weight is 373 g/mol. The van der Waals surface area contributed by atoms with Gasteiger partial charge in [0.2, 0.25) is 0 Å². The van der Waals surface area contributed by atoms with E-state index in [0.29, 0.717) is 35.3 Å². The third-order valence-corrected chi connectivity index (χ3v) is 5.42. The van der Waals surface area contributed by atoms with Crippen LogP contribution in [0.5, 0.6) is 34.5 Å². The molecule has 2 atom stereocenters. The second-order valence-corrected chi connectivity index (χ2v) is 7.19. The van der Waals surface area contributed by atoms with Gasteiger partial charge in [-0.05, 0) is 49.9 Å². The van der Waals surface area contributed by atoms with Crippen LogP contribution in [0.2, 0.25) is 0 Å². The van der Waals surface area contributed by atoms with Gasteiger partial charge >= 0.3 is 0 Å². The van der Waals surface area contributed by atoms with Crippen LogP contribution in [-0.2, 0) is 6.42 Å². The minimum atomic E-state index is -0.572. The third kappa shape index (κ3) is 3.08. The Bertz CT molecular complexity index is 852. The Morgan fingerprint density at radius 3 is 2.26 bits per heavy atom. The monoisotopic (exact) mass is 373 g/mol. The molecule has 2 aliphatic rings. The number of hydrogen-bond donors (Lipinski definition) is 6. The van der Waals surface area contributed by atoms with Gasteiger partial charge in [-0.25, -0.2) is 0 Å². The van der Waals surface area contributed by atoms with Gasteiger partial charge in [0.25, 0.3) is 0 Å². The molecule has 2 heterocycles. The predicted molar refractivity (Wildman–Crippen MR) is 97.5 cm³/mol. The van der Waals surface area contributed by atoms with Crippen molar-refractivity contribution in [2.75, 3.05) is 6.54 Å². The van der Waals surface area contributed by atoms with Gasteiger partial charge < -0.3 is 35.6 Å². The molecule has 2 aliphatic heterocycles. The number of hydrogen-bond acceptors (Lipinski definition) is 7. The van der Waals surface area contributed by atoms with Gasteiger partial charge in [-0.15, -0.1) is 0 Å². The average Bonchev–Trinajstić information content (AvgIpc) is 2.66. The number of fused-ring (bicyclic) bond motifs is 1. The molecule has 144 valence electrons. The van der Waals surface area contributed by atoms with Crippen molar-refractivity contribution in [3.8, 4) is 34.5 Å². The number of phenols is 5. The molecule has 0 saturated carbocycles. The molecule has 6 N–H and O–H groups in total. The number of rotatable bonds is 2. The lowest BCUT2D eigenvalue weighted by Crippen LogP contribution is -2.28. The van der Waals surface area contributed by atoms with Crippen molar-refractivity contribution in [3.63, 3.8) is 0 Å². The van der Waals surface area contributed by atoms with Gasteiger partial charge in [-0.2, -0.15) is 0 Å². The van der Waals surface area contributed by atoms with Gasteiger partial charge in [-0.1, -0.05) is 6.42 Å². The molecule has 0 amide bonds. The summed E-state index contributed by atoms with van der Waals surface area (Å²) in [5, 5.41) is 53.3. The number of ether oxygens (including phenoxy) is 1. The molecule has 27 heavy (non-hydrogen) atoms. The van der Waals surface area contributed by atoms with Gasteiger partial charge in [0, 0.05) is 17.7 Å². The Morgan fingerprint density at radius 1 is 0.852 bits per heavy atom. The van der Waals surface area contributed by atoms with Gasteiger partial charge in [0.05, 0.1) is 5.56 Å². The van der Waals surface area contributed by atoms with Gasteiger partial charge in [0.15, 0.2) is 17.2 Å². The van der Waals surface area contributed by atoms with Crippen molar-refractivity contribution in [1.29, 1.82) is 0 Å². The maximum absolute atomic E-state index is 10.5. The molecule has 0 aromatic heterocycles. The Hall–Kier alpha value is -2.80. The Balaban J connectivity index is 1.74. The van der Waals surface area contributed by atoms with Crippen LogP contribution in [0.4, 0.5) is 0 Å². The van der Waals surface area contributed by atoms with Gasteiger partial charge in [-0.3, -0.25) is 0 Å². The van der Waals surface area contributed by atoms with Crippen molar-refractivity contribution in [2.24, 2.45) is 0 Å². The van der Waals surface area contributed by atoms with Crippen LogP contribution in [0, 0.1) is 0 Å². The summed E-state index contributed by atoms with van der Waals surface area (Å²) in [6.45, 7) is 0.850. The normalized spacial score (nSPS) is 22.1. The second-order valence-electron chi connectivity index (χ2n) is 7.19. The summed E-state index contributed by atoms with van der Waals surface area (Å²) >= 11 is 0. The number of aromatic hydroxyl groups is 5. The van der Waals surface area contributed by atoms with Crippen molar-refractivity contribution < 1.29 is 30.3 Å². The van der Waals surface area contributed by atoms with Crippen molar-refractivity contribution in [3.05, 3.63) is 34.9 Å². The molecule has 1 fully saturated rings. The first-order valence-corrected chi connectivity index (χ1v) is 9.18. The lowest BCUT2D eigenvalue weighted by atomic mass is 9.89. The van der Waals surface area contributed by atoms with Gasteiger partial charge in [0.1, 0.15) is 23.4 Å². The van der Waals surface area contributed by atoms with Crippen molar-refractivity contribution >= 4 is 0 Å². The minimum Gasteiger partial charge on any atom is -0.507 e. The third-order valence-electron chi connectivity index (χ3n) is 5.42. The minimum absolute atomic E-state index is 0.00286. The first kappa shape index (κ1) is 17.6. The molecule has 2 unspecified atom stereocenters. The Kier molecular flexibility index (Phi) is 4.39. The molecule has 0 bridgehead atoms. The summed E-state index contributed by atoms with van der Waals surface area (Å²) in [5.41, 5.74) is 1.80. The summed E-state index contributed by atoms with van der Waals surface area (Å²) < 4.78 is 6.15. The maximum atomic E-state index is 10.5.